The molecule has 1 heterocycles. The molecule has 7 heteroatoms. The third-order valence-electron chi connectivity index (χ3n) is 4.82. The number of carbonyl (C=O) groups is 3. The van der Waals surface area contributed by atoms with Crippen LogP contribution in [0.5, 0.6) is 5.75 Å². The van der Waals surface area contributed by atoms with Gasteiger partial charge in [-0.25, -0.2) is 9.59 Å². The Kier molecular flexibility index (Phi) is 6.85. The second-order valence-electron chi connectivity index (χ2n) is 6.70. The average molecular weight is 409 g/mol. The third-order valence-corrected chi connectivity index (χ3v) is 4.82. The summed E-state index contributed by atoms with van der Waals surface area (Å²) in [5.74, 6) is -1.20. The summed E-state index contributed by atoms with van der Waals surface area (Å²) in [6.45, 7) is 0.889. The number of ether oxygens (including phenoxy) is 3. The van der Waals surface area contributed by atoms with Crippen molar-refractivity contribution in [2.24, 2.45) is 0 Å². The molecule has 0 unspecified atom stereocenters. The first kappa shape index (κ1) is 21.1. The maximum atomic E-state index is 12.6. The molecular weight excluding hydrogens is 386 g/mol. The lowest BCUT2D eigenvalue weighted by Gasteiger charge is -2.26. The average Bonchev–Trinajstić information content (AvgIpc) is 2.81. The van der Waals surface area contributed by atoms with E-state index in [2.05, 4.69) is 12.1 Å². The molecule has 2 aromatic carbocycles. The Morgan fingerprint density at radius 3 is 2.10 bits per heavy atom. The lowest BCUT2D eigenvalue weighted by Crippen LogP contribution is -2.37. The number of esters is 2. The SMILES string of the molecule is COC(=O)c1cc(OCC(=O)N2CC=C(c3ccccc3)CC2)cc(C(=O)OC)c1. The van der Waals surface area contributed by atoms with E-state index in [9.17, 15) is 14.4 Å². The van der Waals surface area contributed by atoms with Crippen molar-refractivity contribution in [3.05, 3.63) is 71.3 Å². The molecule has 1 aliphatic rings. The Morgan fingerprint density at radius 2 is 1.57 bits per heavy atom. The van der Waals surface area contributed by atoms with Crippen molar-refractivity contribution in [3.63, 3.8) is 0 Å². The molecule has 0 aliphatic carbocycles. The highest BCUT2D eigenvalue weighted by Gasteiger charge is 2.19. The second kappa shape index (κ2) is 9.73. The highest BCUT2D eigenvalue weighted by atomic mass is 16.5. The minimum absolute atomic E-state index is 0.135. The monoisotopic (exact) mass is 409 g/mol. The van der Waals surface area contributed by atoms with Crippen molar-refractivity contribution >= 4 is 23.4 Å². The topological polar surface area (TPSA) is 82.1 Å². The maximum Gasteiger partial charge on any atom is 0.338 e. The zero-order valence-corrected chi connectivity index (χ0v) is 16.9. The quantitative estimate of drug-likeness (QED) is 0.683. The van der Waals surface area contributed by atoms with Crippen LogP contribution in [0.4, 0.5) is 0 Å². The summed E-state index contributed by atoms with van der Waals surface area (Å²) in [4.78, 5) is 38.0. The minimum Gasteiger partial charge on any atom is -0.484 e. The van der Waals surface area contributed by atoms with Gasteiger partial charge < -0.3 is 19.1 Å². The van der Waals surface area contributed by atoms with Crippen molar-refractivity contribution < 1.29 is 28.6 Å². The molecule has 0 fully saturated rings. The van der Waals surface area contributed by atoms with Gasteiger partial charge in [-0.1, -0.05) is 36.4 Å². The molecule has 2 aromatic rings. The van der Waals surface area contributed by atoms with E-state index >= 15 is 0 Å². The van der Waals surface area contributed by atoms with Crippen molar-refractivity contribution in [1.82, 2.24) is 4.90 Å². The first-order chi connectivity index (χ1) is 14.5. The summed E-state index contributed by atoms with van der Waals surface area (Å²) >= 11 is 0. The molecule has 0 saturated carbocycles. The number of amides is 1. The zero-order chi connectivity index (χ0) is 21.5. The van der Waals surface area contributed by atoms with E-state index < -0.39 is 11.9 Å². The Hall–Kier alpha value is -3.61. The lowest BCUT2D eigenvalue weighted by atomic mass is 10.00. The predicted molar refractivity (Wildman–Crippen MR) is 110 cm³/mol. The van der Waals surface area contributed by atoms with Crippen LogP contribution in [0.3, 0.4) is 0 Å². The molecule has 1 aliphatic heterocycles. The standard InChI is InChI=1S/C23H23NO6/c1-28-22(26)18-12-19(23(27)29-2)14-20(13-18)30-15-21(25)24-10-8-17(9-11-24)16-6-4-3-5-7-16/h3-8,12-14H,9-11,15H2,1-2H3. The van der Waals surface area contributed by atoms with Gasteiger partial charge >= 0.3 is 11.9 Å². The molecule has 30 heavy (non-hydrogen) atoms. The predicted octanol–water partition coefficient (Wildman–Crippen LogP) is 2.95. The van der Waals surface area contributed by atoms with Gasteiger partial charge in [-0.15, -0.1) is 0 Å². The molecule has 1 amide bonds. The van der Waals surface area contributed by atoms with Crippen LogP contribution in [0.15, 0.2) is 54.6 Å². The highest BCUT2D eigenvalue weighted by molar-refractivity contribution is 5.96. The number of rotatable bonds is 6. The summed E-state index contributed by atoms with van der Waals surface area (Å²) in [5, 5.41) is 0. The number of nitrogens with zero attached hydrogens (tertiary/aromatic N) is 1. The Balaban J connectivity index is 1.65. The van der Waals surface area contributed by atoms with Crippen LogP contribution in [-0.4, -0.2) is 56.7 Å². The van der Waals surface area contributed by atoms with Gasteiger partial charge in [0, 0.05) is 13.1 Å². The van der Waals surface area contributed by atoms with E-state index in [1.54, 1.807) is 4.90 Å². The molecular formula is C23H23NO6. The number of methoxy groups -OCH3 is 2. The Labute approximate surface area is 174 Å². The molecule has 0 spiro atoms. The third kappa shape index (κ3) is 5.05. The summed E-state index contributed by atoms with van der Waals surface area (Å²) in [7, 11) is 2.48. The Morgan fingerprint density at radius 1 is 0.933 bits per heavy atom. The van der Waals surface area contributed by atoms with Gasteiger partial charge in [0.25, 0.3) is 5.91 Å². The number of carbonyl (C=O) groups excluding carboxylic acids is 3. The molecule has 7 nitrogen and oxygen atoms in total. The molecule has 0 atom stereocenters. The zero-order valence-electron chi connectivity index (χ0n) is 16.9. The molecule has 0 bridgehead atoms. The molecule has 0 N–H and O–H groups in total. The van der Waals surface area contributed by atoms with Gasteiger partial charge in [0.15, 0.2) is 6.61 Å². The van der Waals surface area contributed by atoms with Crippen LogP contribution in [0, 0.1) is 0 Å². The summed E-state index contributed by atoms with van der Waals surface area (Å²) < 4.78 is 15.0. The number of benzene rings is 2. The fourth-order valence-corrected chi connectivity index (χ4v) is 3.20. The van der Waals surface area contributed by atoms with Crippen LogP contribution in [0.25, 0.3) is 5.57 Å². The molecule has 0 aromatic heterocycles. The van der Waals surface area contributed by atoms with Gasteiger partial charge in [-0.05, 0) is 35.8 Å². The fraction of sp³-hybridized carbons (Fsp3) is 0.261. The number of hydrogen-bond acceptors (Lipinski definition) is 6. The van der Waals surface area contributed by atoms with E-state index in [0.29, 0.717) is 13.1 Å². The molecule has 0 saturated heterocycles. The van der Waals surface area contributed by atoms with Crippen LogP contribution in [-0.2, 0) is 14.3 Å². The minimum atomic E-state index is -0.619. The van der Waals surface area contributed by atoms with Gasteiger partial charge in [-0.2, -0.15) is 0 Å². The summed E-state index contributed by atoms with van der Waals surface area (Å²) in [6.07, 6.45) is 2.81. The van der Waals surface area contributed by atoms with Crippen molar-refractivity contribution in [2.75, 3.05) is 33.9 Å². The van der Waals surface area contributed by atoms with Crippen LogP contribution >= 0.6 is 0 Å². The maximum absolute atomic E-state index is 12.6. The smallest absolute Gasteiger partial charge is 0.338 e. The fourth-order valence-electron chi connectivity index (χ4n) is 3.20. The van der Waals surface area contributed by atoms with Crippen molar-refractivity contribution in [2.45, 2.75) is 6.42 Å². The van der Waals surface area contributed by atoms with Gasteiger partial charge in [0.05, 0.1) is 25.3 Å². The first-order valence-electron chi connectivity index (χ1n) is 9.48. The number of hydrogen-bond donors (Lipinski definition) is 0. The van der Waals surface area contributed by atoms with E-state index in [0.717, 1.165) is 12.0 Å². The van der Waals surface area contributed by atoms with Gasteiger partial charge in [0.2, 0.25) is 0 Å². The van der Waals surface area contributed by atoms with Crippen LogP contribution in [0.1, 0.15) is 32.7 Å². The summed E-state index contributed by atoms with van der Waals surface area (Å²) in [6, 6.07) is 14.3. The highest BCUT2D eigenvalue weighted by Crippen LogP contribution is 2.23. The lowest BCUT2D eigenvalue weighted by molar-refractivity contribution is -0.132. The van der Waals surface area contributed by atoms with E-state index in [-0.39, 0.29) is 29.4 Å². The van der Waals surface area contributed by atoms with Crippen molar-refractivity contribution in [3.8, 4) is 5.75 Å². The normalized spacial score (nSPS) is 13.3. The largest absolute Gasteiger partial charge is 0.484 e. The summed E-state index contributed by atoms with van der Waals surface area (Å²) in [5.41, 5.74) is 2.65. The van der Waals surface area contributed by atoms with Crippen molar-refractivity contribution in [1.29, 1.82) is 0 Å². The van der Waals surface area contributed by atoms with Gasteiger partial charge in [0.1, 0.15) is 5.75 Å². The Bertz CT molecular complexity index is 933. The molecule has 156 valence electrons. The molecule has 3 rings (SSSR count). The van der Waals surface area contributed by atoms with Gasteiger partial charge in [-0.3, -0.25) is 4.79 Å². The van der Waals surface area contributed by atoms with E-state index in [1.807, 2.05) is 24.3 Å². The van der Waals surface area contributed by atoms with Crippen LogP contribution in [0.2, 0.25) is 0 Å². The second-order valence-corrected chi connectivity index (χ2v) is 6.70. The molecule has 0 radical (unpaired) electrons. The van der Waals surface area contributed by atoms with E-state index in [1.165, 1.54) is 38.0 Å². The van der Waals surface area contributed by atoms with E-state index in [4.69, 9.17) is 14.2 Å². The van der Waals surface area contributed by atoms with Crippen LogP contribution < -0.4 is 4.74 Å². The first-order valence-corrected chi connectivity index (χ1v) is 9.48.